The fourth-order valence-corrected chi connectivity index (χ4v) is 3.04. The van der Waals surface area contributed by atoms with E-state index >= 15 is 0 Å². The van der Waals surface area contributed by atoms with Crippen LogP contribution in [-0.4, -0.2) is 18.6 Å². The highest BCUT2D eigenvalue weighted by molar-refractivity contribution is 6.31. The Morgan fingerprint density at radius 2 is 2.04 bits per heavy atom. The molecule has 0 fully saturated rings. The second-order valence-corrected chi connectivity index (χ2v) is 6.30. The number of carbonyl (C=O) groups is 1. The fraction of sp³-hybridized carbons (Fsp3) is 0.316. The van der Waals surface area contributed by atoms with Crippen molar-refractivity contribution in [1.82, 2.24) is 0 Å². The molecule has 0 saturated carbocycles. The van der Waals surface area contributed by atoms with Crippen molar-refractivity contribution in [3.63, 3.8) is 0 Å². The number of carbonyl (C=O) groups excluding carboxylic acids is 1. The largest absolute Gasteiger partial charge is 0.481 e. The van der Waals surface area contributed by atoms with Gasteiger partial charge in [0.1, 0.15) is 5.75 Å². The molecule has 120 valence electrons. The topological polar surface area (TPSA) is 29.5 Å². The van der Waals surface area contributed by atoms with Gasteiger partial charge in [-0.05, 0) is 62.1 Å². The van der Waals surface area contributed by atoms with Crippen molar-refractivity contribution in [1.29, 1.82) is 0 Å². The number of fused-ring (bicyclic) bond motifs is 1. The van der Waals surface area contributed by atoms with Gasteiger partial charge in [-0.2, -0.15) is 0 Å². The Hall–Kier alpha value is -2.00. The van der Waals surface area contributed by atoms with Gasteiger partial charge >= 0.3 is 0 Å². The molecule has 2 aromatic carbocycles. The Balaban J connectivity index is 1.76. The van der Waals surface area contributed by atoms with Crippen molar-refractivity contribution >= 4 is 23.2 Å². The molecular weight excluding hydrogens is 310 g/mol. The van der Waals surface area contributed by atoms with E-state index in [1.807, 2.05) is 36.1 Å². The van der Waals surface area contributed by atoms with Crippen LogP contribution >= 0.6 is 11.6 Å². The van der Waals surface area contributed by atoms with E-state index in [9.17, 15) is 4.79 Å². The molecule has 23 heavy (non-hydrogen) atoms. The number of amides is 1. The molecule has 0 aliphatic carbocycles. The molecular formula is C19H20ClNO2. The van der Waals surface area contributed by atoms with E-state index in [0.717, 1.165) is 30.6 Å². The van der Waals surface area contributed by atoms with Crippen LogP contribution in [0.3, 0.4) is 0 Å². The zero-order valence-corrected chi connectivity index (χ0v) is 14.1. The quantitative estimate of drug-likeness (QED) is 0.835. The normalized spacial score (nSPS) is 15.0. The summed E-state index contributed by atoms with van der Waals surface area (Å²) >= 11 is 6.03. The molecule has 0 radical (unpaired) electrons. The molecule has 0 N–H and O–H groups in total. The first kappa shape index (κ1) is 15.9. The minimum Gasteiger partial charge on any atom is -0.481 e. The number of hydrogen-bond donors (Lipinski definition) is 0. The number of nitrogens with zero attached hydrogens (tertiary/aromatic N) is 1. The fourth-order valence-electron chi connectivity index (χ4n) is 2.93. The maximum atomic E-state index is 12.8. The number of rotatable bonds is 3. The van der Waals surface area contributed by atoms with Gasteiger partial charge in [0.2, 0.25) is 0 Å². The third-order valence-electron chi connectivity index (χ3n) is 4.17. The molecule has 2 aromatic rings. The molecule has 1 atom stereocenters. The van der Waals surface area contributed by atoms with Crippen LogP contribution in [-0.2, 0) is 11.2 Å². The molecule has 0 saturated heterocycles. The summed E-state index contributed by atoms with van der Waals surface area (Å²) in [6.45, 7) is 4.45. The number of aryl methyl sites for hydroxylation is 2. The SMILES string of the molecule is Cc1cc(OC(C)C(=O)N2CCCc3ccccc32)ccc1Cl. The molecule has 0 aromatic heterocycles. The van der Waals surface area contributed by atoms with Crippen LogP contribution in [0.25, 0.3) is 0 Å². The highest BCUT2D eigenvalue weighted by atomic mass is 35.5. The van der Waals surface area contributed by atoms with Crippen LogP contribution < -0.4 is 9.64 Å². The van der Waals surface area contributed by atoms with Gasteiger partial charge in [0, 0.05) is 17.3 Å². The second-order valence-electron chi connectivity index (χ2n) is 5.89. The maximum absolute atomic E-state index is 12.8. The first-order valence-electron chi connectivity index (χ1n) is 7.88. The van der Waals surface area contributed by atoms with Crippen molar-refractivity contribution in [2.45, 2.75) is 32.8 Å². The number of halogens is 1. The molecule has 1 heterocycles. The molecule has 1 unspecified atom stereocenters. The molecule has 3 rings (SSSR count). The van der Waals surface area contributed by atoms with Crippen molar-refractivity contribution in [2.24, 2.45) is 0 Å². The lowest BCUT2D eigenvalue weighted by atomic mass is 10.0. The number of hydrogen-bond acceptors (Lipinski definition) is 2. The van der Waals surface area contributed by atoms with Gasteiger partial charge in [0.05, 0.1) is 0 Å². The van der Waals surface area contributed by atoms with Crippen LogP contribution in [0.15, 0.2) is 42.5 Å². The molecule has 4 heteroatoms. The molecule has 3 nitrogen and oxygen atoms in total. The zero-order valence-electron chi connectivity index (χ0n) is 13.4. The van der Waals surface area contributed by atoms with E-state index in [1.54, 1.807) is 19.1 Å². The third-order valence-corrected chi connectivity index (χ3v) is 4.59. The molecule has 0 spiro atoms. The van der Waals surface area contributed by atoms with Crippen LogP contribution in [0.5, 0.6) is 5.75 Å². The third kappa shape index (κ3) is 3.35. The van der Waals surface area contributed by atoms with E-state index in [4.69, 9.17) is 16.3 Å². The van der Waals surface area contributed by atoms with Crippen molar-refractivity contribution in [3.05, 3.63) is 58.6 Å². The number of anilines is 1. The monoisotopic (exact) mass is 329 g/mol. The lowest BCUT2D eigenvalue weighted by Gasteiger charge is -2.31. The summed E-state index contributed by atoms with van der Waals surface area (Å²) < 4.78 is 5.83. The van der Waals surface area contributed by atoms with Crippen LogP contribution in [0.2, 0.25) is 5.02 Å². The van der Waals surface area contributed by atoms with E-state index in [-0.39, 0.29) is 5.91 Å². The minimum atomic E-state index is -0.540. The van der Waals surface area contributed by atoms with E-state index < -0.39 is 6.10 Å². The predicted molar refractivity (Wildman–Crippen MR) is 93.4 cm³/mol. The Kier molecular flexibility index (Phi) is 4.58. The van der Waals surface area contributed by atoms with Crippen molar-refractivity contribution < 1.29 is 9.53 Å². The van der Waals surface area contributed by atoms with E-state index in [1.165, 1.54) is 5.56 Å². The average Bonchev–Trinajstić information content (AvgIpc) is 2.57. The Morgan fingerprint density at radius 3 is 2.83 bits per heavy atom. The minimum absolute atomic E-state index is 0.00949. The summed E-state index contributed by atoms with van der Waals surface area (Å²) in [6.07, 6.45) is 1.46. The van der Waals surface area contributed by atoms with Crippen molar-refractivity contribution in [3.8, 4) is 5.75 Å². The first-order chi connectivity index (χ1) is 11.1. The number of ether oxygens (including phenoxy) is 1. The first-order valence-corrected chi connectivity index (χ1v) is 8.26. The number of benzene rings is 2. The lowest BCUT2D eigenvalue weighted by molar-refractivity contribution is -0.124. The zero-order chi connectivity index (χ0) is 16.4. The van der Waals surface area contributed by atoms with E-state index in [0.29, 0.717) is 10.8 Å². The summed E-state index contributed by atoms with van der Waals surface area (Å²) in [6, 6.07) is 13.5. The lowest BCUT2D eigenvalue weighted by Crippen LogP contribution is -2.43. The van der Waals surface area contributed by atoms with E-state index in [2.05, 4.69) is 6.07 Å². The van der Waals surface area contributed by atoms with Gasteiger partial charge in [0.25, 0.3) is 5.91 Å². The van der Waals surface area contributed by atoms with Gasteiger partial charge in [-0.3, -0.25) is 4.79 Å². The smallest absolute Gasteiger partial charge is 0.267 e. The van der Waals surface area contributed by atoms with Gasteiger partial charge in [-0.1, -0.05) is 29.8 Å². The Morgan fingerprint density at radius 1 is 1.26 bits per heavy atom. The van der Waals surface area contributed by atoms with Crippen LogP contribution in [0.4, 0.5) is 5.69 Å². The van der Waals surface area contributed by atoms with Gasteiger partial charge < -0.3 is 9.64 Å². The van der Waals surface area contributed by atoms with Gasteiger partial charge in [-0.25, -0.2) is 0 Å². The summed E-state index contributed by atoms with van der Waals surface area (Å²) in [7, 11) is 0. The predicted octanol–water partition coefficient (Wildman–Crippen LogP) is 4.40. The highest BCUT2D eigenvalue weighted by Gasteiger charge is 2.27. The maximum Gasteiger partial charge on any atom is 0.267 e. The van der Waals surface area contributed by atoms with Gasteiger partial charge in [0.15, 0.2) is 6.10 Å². The molecule has 1 aliphatic rings. The summed E-state index contributed by atoms with van der Waals surface area (Å²) in [4.78, 5) is 14.6. The highest BCUT2D eigenvalue weighted by Crippen LogP contribution is 2.28. The Labute approximate surface area is 141 Å². The second kappa shape index (κ2) is 6.63. The standard InChI is InChI=1S/C19H20ClNO2/c1-13-12-16(9-10-17(13)20)23-14(2)19(22)21-11-5-7-15-6-3-4-8-18(15)21/h3-4,6,8-10,12,14H,5,7,11H2,1-2H3. The summed E-state index contributed by atoms with van der Waals surface area (Å²) in [5.41, 5.74) is 3.17. The Bertz CT molecular complexity index is 729. The van der Waals surface area contributed by atoms with Crippen molar-refractivity contribution in [2.75, 3.05) is 11.4 Å². The van der Waals surface area contributed by atoms with Gasteiger partial charge in [-0.15, -0.1) is 0 Å². The number of para-hydroxylation sites is 1. The molecule has 0 bridgehead atoms. The van der Waals surface area contributed by atoms with Crippen LogP contribution in [0.1, 0.15) is 24.5 Å². The summed E-state index contributed by atoms with van der Waals surface area (Å²) in [5.74, 6) is 0.655. The molecule has 1 amide bonds. The summed E-state index contributed by atoms with van der Waals surface area (Å²) in [5, 5.41) is 0.696. The molecule has 1 aliphatic heterocycles. The van der Waals surface area contributed by atoms with Crippen LogP contribution in [0, 0.1) is 6.92 Å². The average molecular weight is 330 g/mol.